The van der Waals surface area contributed by atoms with Crippen LogP contribution in [-0.4, -0.2) is 34.2 Å². The highest BCUT2D eigenvalue weighted by Crippen LogP contribution is 2.39. The van der Waals surface area contributed by atoms with Crippen LogP contribution in [0.5, 0.6) is 0 Å². The molecule has 0 saturated carbocycles. The van der Waals surface area contributed by atoms with Gasteiger partial charge in [0.25, 0.3) is 0 Å². The molecule has 0 unspecified atom stereocenters. The van der Waals surface area contributed by atoms with Crippen molar-refractivity contribution in [3.63, 3.8) is 0 Å². The second-order valence-electron chi connectivity index (χ2n) is 7.26. The van der Waals surface area contributed by atoms with Gasteiger partial charge in [-0.3, -0.25) is 4.90 Å². The first-order valence-corrected chi connectivity index (χ1v) is 9.42. The van der Waals surface area contributed by atoms with Crippen molar-refractivity contribution >= 4 is 0 Å². The molecule has 1 fully saturated rings. The van der Waals surface area contributed by atoms with Gasteiger partial charge in [-0.2, -0.15) is 0 Å². The van der Waals surface area contributed by atoms with E-state index in [0.29, 0.717) is 5.89 Å². The highest BCUT2D eigenvalue weighted by Gasteiger charge is 2.34. The average Bonchev–Trinajstić information content (AvgIpc) is 3.23. The lowest BCUT2D eigenvalue weighted by molar-refractivity contribution is 0.209. The molecular weight excluding hydrogens is 298 g/mol. The van der Waals surface area contributed by atoms with E-state index in [1.165, 1.54) is 38.6 Å². The van der Waals surface area contributed by atoms with E-state index >= 15 is 0 Å². The lowest BCUT2D eigenvalue weighted by Crippen LogP contribution is -2.36. The van der Waals surface area contributed by atoms with Gasteiger partial charge in [0.2, 0.25) is 11.8 Å². The molecule has 0 spiro atoms. The lowest BCUT2D eigenvalue weighted by atomic mass is 9.78. The molecule has 2 aromatic rings. The smallest absolute Gasteiger partial charge is 0.216 e. The van der Waals surface area contributed by atoms with E-state index in [4.69, 9.17) is 4.42 Å². The van der Waals surface area contributed by atoms with Crippen molar-refractivity contribution < 1.29 is 4.42 Å². The van der Waals surface area contributed by atoms with Crippen LogP contribution in [0.4, 0.5) is 0 Å². The van der Waals surface area contributed by atoms with E-state index in [0.717, 1.165) is 37.2 Å². The second-order valence-corrected chi connectivity index (χ2v) is 7.26. The third kappa shape index (κ3) is 3.25. The molecule has 0 radical (unpaired) electrons. The number of likely N-dealkylation sites (tertiary alicyclic amines) is 1. The molecule has 2 atom stereocenters. The fourth-order valence-electron chi connectivity index (χ4n) is 4.65. The Morgan fingerprint density at radius 1 is 1.17 bits per heavy atom. The Kier molecular flexibility index (Phi) is 4.65. The topological polar surface area (TPSA) is 42.2 Å². The number of rotatable bonds is 5. The molecule has 0 N–H and O–H groups in total. The third-order valence-electron chi connectivity index (χ3n) is 5.70. The van der Waals surface area contributed by atoms with Crippen LogP contribution in [0.2, 0.25) is 0 Å². The minimum Gasteiger partial charge on any atom is -0.426 e. The maximum Gasteiger partial charge on any atom is 0.216 e. The minimum absolute atomic E-state index is 0.669. The third-order valence-corrected chi connectivity index (χ3v) is 5.70. The van der Waals surface area contributed by atoms with E-state index in [-0.39, 0.29) is 0 Å². The maximum absolute atomic E-state index is 5.50. The van der Waals surface area contributed by atoms with Crippen LogP contribution in [0.15, 0.2) is 28.7 Å². The Labute approximate surface area is 144 Å². The van der Waals surface area contributed by atoms with Gasteiger partial charge in [-0.15, -0.1) is 10.2 Å². The fraction of sp³-hybridized carbons (Fsp3) is 0.600. The van der Waals surface area contributed by atoms with Crippen molar-refractivity contribution in [3.8, 4) is 0 Å². The van der Waals surface area contributed by atoms with Crippen molar-refractivity contribution in [1.82, 2.24) is 15.1 Å². The van der Waals surface area contributed by atoms with Crippen LogP contribution >= 0.6 is 0 Å². The van der Waals surface area contributed by atoms with Crippen LogP contribution in [0, 0.1) is 6.92 Å². The van der Waals surface area contributed by atoms with Crippen LogP contribution in [0.1, 0.15) is 60.9 Å². The van der Waals surface area contributed by atoms with Crippen LogP contribution in [0.3, 0.4) is 0 Å². The zero-order valence-corrected chi connectivity index (χ0v) is 14.6. The number of nitrogens with zero attached hydrogens (tertiary/aromatic N) is 3. The van der Waals surface area contributed by atoms with Crippen LogP contribution in [0.25, 0.3) is 0 Å². The summed E-state index contributed by atoms with van der Waals surface area (Å²) in [5.41, 5.74) is 3.20. The van der Waals surface area contributed by atoms with Gasteiger partial charge in [-0.1, -0.05) is 24.3 Å². The molecule has 4 heteroatoms. The van der Waals surface area contributed by atoms with Crippen LogP contribution in [-0.2, 0) is 12.8 Å². The maximum atomic E-state index is 5.50. The molecule has 4 rings (SSSR count). The lowest BCUT2D eigenvalue weighted by Gasteiger charge is -2.35. The number of aromatic nitrogens is 2. The summed E-state index contributed by atoms with van der Waals surface area (Å²) in [5.74, 6) is 2.18. The monoisotopic (exact) mass is 325 g/mol. The zero-order chi connectivity index (χ0) is 16.4. The van der Waals surface area contributed by atoms with Gasteiger partial charge in [-0.25, -0.2) is 0 Å². The summed E-state index contributed by atoms with van der Waals surface area (Å²) in [4.78, 5) is 2.72. The van der Waals surface area contributed by atoms with Crippen LogP contribution < -0.4 is 0 Å². The summed E-state index contributed by atoms with van der Waals surface area (Å²) < 4.78 is 5.50. The molecule has 4 nitrogen and oxygen atoms in total. The number of hydrogen-bond donors (Lipinski definition) is 0. The highest BCUT2D eigenvalue weighted by atomic mass is 16.4. The van der Waals surface area contributed by atoms with E-state index in [9.17, 15) is 0 Å². The molecule has 1 aliphatic heterocycles. The quantitative estimate of drug-likeness (QED) is 0.836. The number of fused-ring (bicyclic) bond motifs is 1. The number of aryl methyl sites for hydroxylation is 3. The van der Waals surface area contributed by atoms with E-state index in [1.54, 1.807) is 11.1 Å². The molecule has 1 aromatic heterocycles. The highest BCUT2D eigenvalue weighted by molar-refractivity contribution is 5.34. The van der Waals surface area contributed by atoms with Crippen molar-refractivity contribution in [2.75, 3.05) is 13.1 Å². The molecule has 1 aliphatic carbocycles. The molecule has 24 heavy (non-hydrogen) atoms. The van der Waals surface area contributed by atoms with Gasteiger partial charge < -0.3 is 4.42 Å². The molecule has 2 aliphatic rings. The Morgan fingerprint density at radius 3 is 2.96 bits per heavy atom. The summed E-state index contributed by atoms with van der Waals surface area (Å²) in [6.45, 7) is 4.24. The van der Waals surface area contributed by atoms with Gasteiger partial charge >= 0.3 is 0 Å². The van der Waals surface area contributed by atoms with E-state index in [1.807, 2.05) is 6.92 Å². The van der Waals surface area contributed by atoms with E-state index in [2.05, 4.69) is 39.4 Å². The molecule has 128 valence electrons. The Balaban J connectivity index is 1.40. The Hall–Kier alpha value is -1.68. The summed E-state index contributed by atoms with van der Waals surface area (Å²) in [7, 11) is 0. The molecule has 0 bridgehead atoms. The van der Waals surface area contributed by atoms with Gasteiger partial charge in [0, 0.05) is 19.4 Å². The summed E-state index contributed by atoms with van der Waals surface area (Å²) in [6.07, 6.45) is 8.63. The van der Waals surface area contributed by atoms with Gasteiger partial charge in [0.15, 0.2) is 0 Å². The van der Waals surface area contributed by atoms with E-state index < -0.39 is 0 Å². The SMILES string of the molecule is Cc1nnc(CCCN2CCC[C@H]2[C@@H]2CCCc3ccccc32)o1. The standard InChI is InChI=1S/C20H27N3O/c1-15-21-22-20(24-15)12-6-14-23-13-5-11-19(23)18-10-4-8-16-7-2-3-9-17(16)18/h2-3,7,9,18-19H,4-6,8,10-14H2,1H3/t18-,19+/m1/s1. The Morgan fingerprint density at radius 2 is 2.08 bits per heavy atom. The molecule has 0 amide bonds. The Bertz CT molecular complexity index is 681. The molecule has 1 saturated heterocycles. The molecule has 1 aromatic carbocycles. The van der Waals surface area contributed by atoms with Gasteiger partial charge in [0.05, 0.1) is 0 Å². The second kappa shape index (κ2) is 7.06. The fourth-order valence-corrected chi connectivity index (χ4v) is 4.65. The first kappa shape index (κ1) is 15.8. The largest absolute Gasteiger partial charge is 0.426 e. The number of hydrogen-bond acceptors (Lipinski definition) is 4. The van der Waals surface area contributed by atoms with Gasteiger partial charge in [-0.05, 0) is 68.7 Å². The minimum atomic E-state index is 0.669. The first-order chi connectivity index (χ1) is 11.8. The van der Waals surface area contributed by atoms with Crippen molar-refractivity contribution in [2.45, 2.75) is 63.8 Å². The summed E-state index contributed by atoms with van der Waals surface area (Å²) in [5, 5.41) is 8.03. The van der Waals surface area contributed by atoms with Gasteiger partial charge in [0.1, 0.15) is 0 Å². The van der Waals surface area contributed by atoms with Crippen molar-refractivity contribution in [2.24, 2.45) is 0 Å². The average molecular weight is 325 g/mol. The van der Waals surface area contributed by atoms with Crippen molar-refractivity contribution in [1.29, 1.82) is 0 Å². The zero-order valence-electron chi connectivity index (χ0n) is 14.6. The normalized spacial score (nSPS) is 24.2. The summed E-state index contributed by atoms with van der Waals surface area (Å²) in [6, 6.07) is 9.83. The predicted octanol–water partition coefficient (Wildman–Crippen LogP) is 3.90. The first-order valence-electron chi connectivity index (χ1n) is 9.42. The van der Waals surface area contributed by atoms with Crippen molar-refractivity contribution in [3.05, 3.63) is 47.2 Å². The number of benzene rings is 1. The molecule has 2 heterocycles. The molecular formula is C20H27N3O. The predicted molar refractivity (Wildman–Crippen MR) is 94.1 cm³/mol. The summed E-state index contributed by atoms with van der Waals surface area (Å²) >= 11 is 0.